The molecule has 34 heavy (non-hydrogen) atoms. The van der Waals surface area contributed by atoms with Gasteiger partial charge in [-0.25, -0.2) is 4.98 Å². The molecule has 0 aliphatic carbocycles. The molecule has 0 aliphatic heterocycles. The molecule has 161 valence electrons. The van der Waals surface area contributed by atoms with E-state index in [4.69, 9.17) is 12.0 Å². The number of aromatic nitrogens is 1. The summed E-state index contributed by atoms with van der Waals surface area (Å²) in [6.07, 6.45) is 0. The molecular formula is C29H19AlNO3. The fourth-order valence-electron chi connectivity index (χ4n) is 3.96. The van der Waals surface area contributed by atoms with Gasteiger partial charge in [0.25, 0.3) is 0 Å². The van der Waals surface area contributed by atoms with Crippen LogP contribution >= 0.6 is 0 Å². The SMILES string of the molecule is c1ccc(-c2nc3ccccc3o2)c([O][Al][O]c2ccc(-c3ccc4ccccc4c3)cc2)c1. The Kier molecular flexibility index (Phi) is 5.49. The lowest BCUT2D eigenvalue weighted by Gasteiger charge is -2.11. The third-order valence-corrected chi connectivity index (χ3v) is 6.43. The maximum atomic E-state index is 6.02. The number of benzene rings is 5. The molecule has 5 aromatic carbocycles. The first-order valence-electron chi connectivity index (χ1n) is 11.0. The molecule has 1 aromatic heterocycles. The first kappa shape index (κ1) is 20.6. The number of hydrogen-bond donors (Lipinski definition) is 0. The van der Waals surface area contributed by atoms with E-state index in [9.17, 15) is 0 Å². The summed E-state index contributed by atoms with van der Waals surface area (Å²) in [4.78, 5) is 4.59. The number of nitrogens with zero attached hydrogens (tertiary/aromatic N) is 1. The van der Waals surface area contributed by atoms with Crippen molar-refractivity contribution in [1.29, 1.82) is 0 Å². The smallest absolute Gasteiger partial charge is 0.616 e. The molecule has 1 heterocycles. The van der Waals surface area contributed by atoms with Gasteiger partial charge in [0.1, 0.15) is 5.52 Å². The first-order valence-corrected chi connectivity index (χ1v) is 12.0. The number of hydrogen-bond acceptors (Lipinski definition) is 4. The molecule has 0 bridgehead atoms. The van der Waals surface area contributed by atoms with Gasteiger partial charge in [0.2, 0.25) is 5.89 Å². The van der Waals surface area contributed by atoms with Crippen molar-refractivity contribution in [2.75, 3.05) is 0 Å². The molecule has 0 atom stereocenters. The summed E-state index contributed by atoms with van der Waals surface area (Å²) in [5.41, 5.74) is 4.71. The van der Waals surface area contributed by atoms with Crippen LogP contribution in [0.25, 0.3) is 44.5 Å². The average Bonchev–Trinajstić information content (AvgIpc) is 3.33. The van der Waals surface area contributed by atoms with Crippen LogP contribution in [0.1, 0.15) is 0 Å². The second kappa shape index (κ2) is 9.07. The Balaban J connectivity index is 1.15. The summed E-state index contributed by atoms with van der Waals surface area (Å²) in [7, 11) is 0. The van der Waals surface area contributed by atoms with E-state index < -0.39 is 15.9 Å². The average molecular weight is 456 g/mol. The number of para-hydroxylation sites is 3. The van der Waals surface area contributed by atoms with Crippen molar-refractivity contribution < 1.29 is 12.0 Å². The van der Waals surface area contributed by atoms with Gasteiger partial charge in [0.15, 0.2) is 5.58 Å². The van der Waals surface area contributed by atoms with Crippen molar-refractivity contribution in [2.45, 2.75) is 0 Å². The molecule has 6 rings (SSSR count). The fraction of sp³-hybridized carbons (Fsp3) is 0. The van der Waals surface area contributed by atoms with E-state index >= 15 is 0 Å². The zero-order valence-electron chi connectivity index (χ0n) is 18.2. The second-order valence-electron chi connectivity index (χ2n) is 7.90. The number of rotatable bonds is 6. The van der Waals surface area contributed by atoms with Gasteiger partial charge in [0.05, 0.1) is 17.1 Å². The topological polar surface area (TPSA) is 44.5 Å². The maximum absolute atomic E-state index is 6.02. The van der Waals surface area contributed by atoms with Crippen LogP contribution in [-0.2, 0) is 0 Å². The lowest BCUT2D eigenvalue weighted by atomic mass is 10.0. The molecule has 0 fully saturated rings. The Morgan fingerprint density at radius 3 is 2.24 bits per heavy atom. The highest BCUT2D eigenvalue weighted by Gasteiger charge is 2.15. The highest BCUT2D eigenvalue weighted by molar-refractivity contribution is 6.21. The standard InChI is InChI=1S/C16H12O.C13H9NO2.Al/c17-16-9-7-13(8-10-16)15-6-5-12-3-1-2-4-14(12)11-15;15-11-7-3-1-5-9(11)13-14-10-6-2-4-8-12(10)16-13;/h1-11,17H;1-8,15H;/q;;+2/p-2. The normalized spacial score (nSPS) is 10.9. The van der Waals surface area contributed by atoms with E-state index in [1.807, 2.05) is 60.7 Å². The number of fused-ring (bicyclic) bond motifs is 2. The van der Waals surface area contributed by atoms with Gasteiger partial charge in [-0.1, -0.05) is 72.8 Å². The van der Waals surface area contributed by atoms with Crippen LogP contribution < -0.4 is 7.58 Å². The summed E-state index contributed by atoms with van der Waals surface area (Å²) >= 11 is -0.757. The zero-order valence-corrected chi connectivity index (χ0v) is 19.4. The zero-order chi connectivity index (χ0) is 22.7. The van der Waals surface area contributed by atoms with E-state index in [-0.39, 0.29) is 0 Å². The van der Waals surface area contributed by atoms with E-state index in [1.54, 1.807) is 0 Å². The van der Waals surface area contributed by atoms with Crippen LogP contribution in [0.4, 0.5) is 0 Å². The molecule has 0 unspecified atom stereocenters. The minimum atomic E-state index is -0.757. The van der Waals surface area contributed by atoms with Crippen LogP contribution in [0.2, 0.25) is 0 Å². The van der Waals surface area contributed by atoms with Gasteiger partial charge in [-0.2, -0.15) is 0 Å². The third kappa shape index (κ3) is 4.15. The monoisotopic (exact) mass is 456 g/mol. The Morgan fingerprint density at radius 1 is 0.618 bits per heavy atom. The van der Waals surface area contributed by atoms with Gasteiger partial charge >= 0.3 is 15.9 Å². The molecular weight excluding hydrogens is 437 g/mol. The summed E-state index contributed by atoms with van der Waals surface area (Å²) < 4.78 is 17.9. The summed E-state index contributed by atoms with van der Waals surface area (Å²) in [6.45, 7) is 0. The van der Waals surface area contributed by atoms with Crippen LogP contribution in [0.3, 0.4) is 0 Å². The molecule has 0 amide bonds. The van der Waals surface area contributed by atoms with Crippen LogP contribution in [-0.4, -0.2) is 20.9 Å². The predicted octanol–water partition coefficient (Wildman–Crippen LogP) is 7.31. The highest BCUT2D eigenvalue weighted by atomic mass is 27.2. The van der Waals surface area contributed by atoms with Gasteiger partial charge < -0.3 is 12.0 Å². The molecule has 6 aromatic rings. The lowest BCUT2D eigenvalue weighted by Crippen LogP contribution is -2.11. The van der Waals surface area contributed by atoms with Crippen molar-refractivity contribution in [2.24, 2.45) is 0 Å². The van der Waals surface area contributed by atoms with E-state index in [1.165, 1.54) is 16.3 Å². The Hall–Kier alpha value is -4.04. The third-order valence-electron chi connectivity index (χ3n) is 5.71. The van der Waals surface area contributed by atoms with Gasteiger partial charge in [0, 0.05) is 0 Å². The van der Waals surface area contributed by atoms with Crippen molar-refractivity contribution in [3.05, 3.63) is 115 Å². The molecule has 0 saturated heterocycles. The van der Waals surface area contributed by atoms with Crippen molar-refractivity contribution in [3.63, 3.8) is 0 Å². The summed E-state index contributed by atoms with van der Waals surface area (Å²) in [5, 5.41) is 2.47. The van der Waals surface area contributed by atoms with Gasteiger partial charge in [-0.3, -0.25) is 0 Å². The van der Waals surface area contributed by atoms with Crippen molar-refractivity contribution >= 4 is 37.8 Å². The number of oxazole rings is 1. The quantitative estimate of drug-likeness (QED) is 0.247. The van der Waals surface area contributed by atoms with Gasteiger partial charge in [-0.15, -0.1) is 0 Å². The molecule has 0 N–H and O–H groups in total. The predicted molar refractivity (Wildman–Crippen MR) is 136 cm³/mol. The molecule has 4 nitrogen and oxygen atoms in total. The Labute approximate surface area is 203 Å². The van der Waals surface area contributed by atoms with Crippen molar-refractivity contribution in [1.82, 2.24) is 4.98 Å². The Morgan fingerprint density at radius 2 is 1.35 bits per heavy atom. The van der Waals surface area contributed by atoms with Crippen LogP contribution in [0.5, 0.6) is 11.5 Å². The van der Waals surface area contributed by atoms with Gasteiger partial charge in [-0.05, 0) is 64.4 Å². The molecule has 0 saturated carbocycles. The summed E-state index contributed by atoms with van der Waals surface area (Å²) in [6, 6.07) is 38.4. The van der Waals surface area contributed by atoms with Crippen molar-refractivity contribution in [3.8, 4) is 34.1 Å². The molecule has 0 aliphatic rings. The molecule has 1 radical (unpaired) electrons. The largest absolute Gasteiger partial charge is 0.881 e. The fourth-order valence-corrected chi connectivity index (χ4v) is 4.59. The lowest BCUT2D eigenvalue weighted by molar-refractivity contribution is 0.458. The minimum absolute atomic E-state index is 0.538. The molecule has 0 spiro atoms. The second-order valence-corrected chi connectivity index (χ2v) is 8.56. The maximum Gasteiger partial charge on any atom is 0.881 e. The van der Waals surface area contributed by atoms with E-state index in [0.29, 0.717) is 11.6 Å². The molecule has 5 heteroatoms. The van der Waals surface area contributed by atoms with Crippen LogP contribution in [0.15, 0.2) is 120 Å². The Bertz CT molecular complexity index is 1560. The van der Waals surface area contributed by atoms with E-state index in [2.05, 4.69) is 59.6 Å². The minimum Gasteiger partial charge on any atom is -0.616 e. The first-order chi connectivity index (χ1) is 16.8. The summed E-state index contributed by atoms with van der Waals surface area (Å²) in [5.74, 6) is 2.01. The van der Waals surface area contributed by atoms with Crippen LogP contribution in [0, 0.1) is 0 Å². The van der Waals surface area contributed by atoms with E-state index in [0.717, 1.165) is 28.0 Å². The highest BCUT2D eigenvalue weighted by Crippen LogP contribution is 2.32.